The largest absolute Gasteiger partial charge is 0.493 e. The first-order valence-electron chi connectivity index (χ1n) is 9.49. The Morgan fingerprint density at radius 3 is 2.52 bits per heavy atom. The van der Waals surface area contributed by atoms with Gasteiger partial charge in [0.2, 0.25) is 0 Å². The van der Waals surface area contributed by atoms with E-state index in [0.717, 1.165) is 11.1 Å². The van der Waals surface area contributed by atoms with Gasteiger partial charge in [-0.15, -0.1) is 0 Å². The maximum atomic E-state index is 10.7. The van der Waals surface area contributed by atoms with E-state index in [4.69, 9.17) is 19.3 Å². The molecule has 0 radical (unpaired) electrons. The lowest BCUT2D eigenvalue weighted by Crippen LogP contribution is -2.01. The van der Waals surface area contributed by atoms with E-state index in [1.54, 1.807) is 38.5 Å². The van der Waals surface area contributed by atoms with E-state index in [0.29, 0.717) is 35.0 Å². The molecule has 158 valence electrons. The Labute approximate surface area is 177 Å². The molecule has 0 amide bonds. The Balaban J connectivity index is 1.66. The number of aryl methyl sites for hydroxylation is 1. The number of fused-ring (bicyclic) bond motifs is 1. The zero-order valence-electron chi connectivity index (χ0n) is 17.0. The minimum atomic E-state index is -0.829. The highest BCUT2D eigenvalue weighted by Gasteiger charge is 2.14. The fourth-order valence-corrected chi connectivity index (χ4v) is 3.09. The van der Waals surface area contributed by atoms with E-state index >= 15 is 0 Å². The zero-order valence-corrected chi connectivity index (χ0v) is 17.0. The second-order valence-electron chi connectivity index (χ2n) is 6.66. The van der Waals surface area contributed by atoms with Crippen LogP contribution in [0.5, 0.6) is 23.3 Å². The lowest BCUT2D eigenvalue weighted by Gasteiger charge is -2.11. The summed E-state index contributed by atoms with van der Waals surface area (Å²) < 4.78 is 18.2. The van der Waals surface area contributed by atoms with E-state index in [1.165, 1.54) is 10.8 Å². The van der Waals surface area contributed by atoms with Crippen molar-refractivity contribution in [3.05, 3.63) is 60.4 Å². The van der Waals surface area contributed by atoms with Crippen molar-refractivity contribution in [1.29, 1.82) is 0 Å². The number of hydrogen-bond donors (Lipinski definition) is 1. The third kappa shape index (κ3) is 4.40. The van der Waals surface area contributed by atoms with Crippen LogP contribution in [0.1, 0.15) is 12.0 Å². The summed E-state index contributed by atoms with van der Waals surface area (Å²) in [5.41, 5.74) is 2.92. The van der Waals surface area contributed by atoms with Crippen molar-refractivity contribution >= 4 is 11.6 Å². The van der Waals surface area contributed by atoms with Crippen molar-refractivity contribution in [1.82, 2.24) is 19.6 Å². The van der Waals surface area contributed by atoms with Gasteiger partial charge in [-0.1, -0.05) is 12.1 Å². The third-order valence-electron chi connectivity index (χ3n) is 4.68. The summed E-state index contributed by atoms with van der Waals surface area (Å²) in [5.74, 6) is 0.926. The summed E-state index contributed by atoms with van der Waals surface area (Å²) in [7, 11) is 3.16. The van der Waals surface area contributed by atoms with Gasteiger partial charge in [-0.2, -0.15) is 14.6 Å². The van der Waals surface area contributed by atoms with Gasteiger partial charge in [0.1, 0.15) is 12.1 Å². The summed E-state index contributed by atoms with van der Waals surface area (Å²) in [4.78, 5) is 19.6. The number of nitrogens with zero attached hydrogens (tertiary/aromatic N) is 4. The van der Waals surface area contributed by atoms with Gasteiger partial charge in [0.15, 0.2) is 17.1 Å². The van der Waals surface area contributed by atoms with Crippen molar-refractivity contribution < 1.29 is 24.1 Å². The summed E-state index contributed by atoms with van der Waals surface area (Å²) in [6.07, 6.45) is 1.96. The predicted molar refractivity (Wildman–Crippen MR) is 112 cm³/mol. The lowest BCUT2D eigenvalue weighted by atomic mass is 10.1. The van der Waals surface area contributed by atoms with Crippen molar-refractivity contribution in [2.45, 2.75) is 12.8 Å². The summed E-state index contributed by atoms with van der Waals surface area (Å²) >= 11 is 0. The minimum absolute atomic E-state index is 0.0781. The van der Waals surface area contributed by atoms with Gasteiger partial charge in [-0.05, 0) is 42.3 Å². The average molecular weight is 420 g/mol. The van der Waals surface area contributed by atoms with Crippen LogP contribution < -0.4 is 14.2 Å². The molecule has 0 saturated carbocycles. The Hall–Kier alpha value is -4.14. The number of methoxy groups -OCH3 is 2. The maximum Gasteiger partial charge on any atom is 0.325 e. The fourth-order valence-electron chi connectivity index (χ4n) is 3.09. The number of carboxylic acids is 1. The van der Waals surface area contributed by atoms with Crippen LogP contribution in [0.4, 0.5) is 0 Å². The van der Waals surface area contributed by atoms with E-state index < -0.39 is 5.97 Å². The summed E-state index contributed by atoms with van der Waals surface area (Å²) in [5, 5.41) is 13.0. The first-order chi connectivity index (χ1) is 15.1. The molecule has 0 atom stereocenters. The molecule has 0 spiro atoms. The van der Waals surface area contributed by atoms with Gasteiger partial charge < -0.3 is 19.3 Å². The third-order valence-corrected chi connectivity index (χ3v) is 4.68. The number of carboxylic acid groups (broad SMARTS) is 1. The van der Waals surface area contributed by atoms with Crippen LogP contribution in [0.15, 0.2) is 54.9 Å². The topological polar surface area (TPSA) is 108 Å². The van der Waals surface area contributed by atoms with Crippen LogP contribution in [-0.4, -0.2) is 44.9 Å². The van der Waals surface area contributed by atoms with E-state index in [9.17, 15) is 4.79 Å². The number of ether oxygens (including phenoxy) is 3. The van der Waals surface area contributed by atoms with E-state index in [-0.39, 0.29) is 12.4 Å². The van der Waals surface area contributed by atoms with Crippen LogP contribution in [0.25, 0.3) is 16.9 Å². The maximum absolute atomic E-state index is 10.7. The van der Waals surface area contributed by atoms with Crippen molar-refractivity contribution in [3.63, 3.8) is 0 Å². The smallest absolute Gasteiger partial charge is 0.325 e. The normalized spacial score (nSPS) is 10.8. The molecule has 4 rings (SSSR count). The highest BCUT2D eigenvalue weighted by atomic mass is 16.5. The standard InChI is InChI=1S/C22H20N4O5/c1-29-18-9-6-15(11-19(18)30-2)17-12-20-23-13-24-26(20)22(25-17)31-16-7-3-14(4-8-16)5-10-21(27)28/h3-4,6-9,11-13H,5,10H2,1-2H3,(H,27,28). The van der Waals surface area contributed by atoms with Crippen LogP contribution in [0, 0.1) is 0 Å². The lowest BCUT2D eigenvalue weighted by molar-refractivity contribution is -0.136. The number of carbonyl (C=O) groups is 1. The molecule has 2 heterocycles. The molecule has 0 unspecified atom stereocenters. The molecule has 2 aromatic carbocycles. The number of aliphatic carboxylic acids is 1. The molecule has 9 nitrogen and oxygen atoms in total. The Morgan fingerprint density at radius 1 is 1.03 bits per heavy atom. The molecule has 0 bridgehead atoms. The first kappa shape index (κ1) is 20.1. The number of rotatable bonds is 8. The van der Waals surface area contributed by atoms with Crippen molar-refractivity contribution in [2.24, 2.45) is 0 Å². The summed E-state index contributed by atoms with van der Waals surface area (Å²) in [6.45, 7) is 0. The fraction of sp³-hybridized carbons (Fsp3) is 0.182. The predicted octanol–water partition coefficient (Wildman–Crippen LogP) is 3.62. The molecule has 4 aromatic rings. The molecule has 2 aromatic heterocycles. The number of aromatic nitrogens is 4. The quantitative estimate of drug-likeness (QED) is 0.460. The van der Waals surface area contributed by atoms with Crippen molar-refractivity contribution in [2.75, 3.05) is 14.2 Å². The molecule has 0 aliphatic heterocycles. The molecule has 0 aliphatic rings. The van der Waals surface area contributed by atoms with E-state index in [1.807, 2.05) is 24.3 Å². The first-order valence-corrected chi connectivity index (χ1v) is 9.49. The monoisotopic (exact) mass is 420 g/mol. The highest BCUT2D eigenvalue weighted by molar-refractivity contribution is 5.68. The van der Waals surface area contributed by atoms with Gasteiger partial charge in [-0.25, -0.2) is 4.98 Å². The van der Waals surface area contributed by atoms with Gasteiger partial charge in [0, 0.05) is 18.1 Å². The van der Waals surface area contributed by atoms with Crippen LogP contribution in [0.2, 0.25) is 0 Å². The SMILES string of the molecule is COc1ccc(-c2cc3ncnn3c(Oc3ccc(CCC(=O)O)cc3)n2)cc1OC. The second kappa shape index (κ2) is 8.70. The molecule has 0 fully saturated rings. The average Bonchev–Trinajstić information content (AvgIpc) is 3.27. The Kier molecular flexibility index (Phi) is 5.65. The second-order valence-corrected chi connectivity index (χ2v) is 6.66. The minimum Gasteiger partial charge on any atom is -0.493 e. The molecule has 9 heteroatoms. The van der Waals surface area contributed by atoms with Crippen LogP contribution in [-0.2, 0) is 11.2 Å². The molecule has 31 heavy (non-hydrogen) atoms. The molecule has 0 saturated heterocycles. The van der Waals surface area contributed by atoms with Crippen molar-refractivity contribution in [3.8, 4) is 34.5 Å². The number of benzene rings is 2. The van der Waals surface area contributed by atoms with Crippen LogP contribution >= 0.6 is 0 Å². The Bertz CT molecular complexity index is 1220. The molecule has 0 aliphatic carbocycles. The number of hydrogen-bond acceptors (Lipinski definition) is 7. The van der Waals surface area contributed by atoms with Crippen LogP contribution in [0.3, 0.4) is 0 Å². The van der Waals surface area contributed by atoms with Gasteiger partial charge in [0.05, 0.1) is 19.9 Å². The molecule has 1 N–H and O–H groups in total. The zero-order chi connectivity index (χ0) is 21.8. The Morgan fingerprint density at radius 2 is 1.81 bits per heavy atom. The highest BCUT2D eigenvalue weighted by Crippen LogP contribution is 2.33. The van der Waals surface area contributed by atoms with Gasteiger partial charge in [-0.3, -0.25) is 4.79 Å². The molecular formula is C22H20N4O5. The van der Waals surface area contributed by atoms with Gasteiger partial charge in [0.25, 0.3) is 0 Å². The molecular weight excluding hydrogens is 400 g/mol. The van der Waals surface area contributed by atoms with E-state index in [2.05, 4.69) is 15.1 Å². The summed E-state index contributed by atoms with van der Waals surface area (Å²) in [6, 6.07) is 14.8. The van der Waals surface area contributed by atoms with Gasteiger partial charge >= 0.3 is 12.0 Å².